The SMILES string of the molecule is CCCC1CC1NS(=O)(=O)C1CCCNC1. The molecule has 2 aliphatic rings. The quantitative estimate of drug-likeness (QED) is 0.756. The van der Waals surface area contributed by atoms with Gasteiger partial charge in [0.25, 0.3) is 0 Å². The van der Waals surface area contributed by atoms with Crippen LogP contribution in [0, 0.1) is 5.92 Å². The largest absolute Gasteiger partial charge is 0.315 e. The Morgan fingerprint density at radius 2 is 2.25 bits per heavy atom. The molecule has 1 heterocycles. The van der Waals surface area contributed by atoms with Crippen LogP contribution in [0.3, 0.4) is 0 Å². The molecule has 2 fully saturated rings. The molecule has 0 spiro atoms. The van der Waals surface area contributed by atoms with Crippen molar-refractivity contribution in [3.8, 4) is 0 Å². The highest BCUT2D eigenvalue weighted by molar-refractivity contribution is 7.90. The zero-order valence-electron chi connectivity index (χ0n) is 9.91. The molecule has 0 aromatic heterocycles. The highest BCUT2D eigenvalue weighted by atomic mass is 32.2. The predicted octanol–water partition coefficient (Wildman–Crippen LogP) is 0.846. The fourth-order valence-corrected chi connectivity index (χ4v) is 4.19. The van der Waals surface area contributed by atoms with E-state index in [2.05, 4.69) is 17.0 Å². The fourth-order valence-electron chi connectivity index (χ4n) is 2.47. The van der Waals surface area contributed by atoms with E-state index < -0.39 is 10.0 Å². The van der Waals surface area contributed by atoms with E-state index in [0.717, 1.165) is 38.6 Å². The van der Waals surface area contributed by atoms with Gasteiger partial charge in [-0.2, -0.15) is 0 Å². The van der Waals surface area contributed by atoms with Gasteiger partial charge in [-0.05, 0) is 38.1 Å². The first-order valence-corrected chi connectivity index (χ1v) is 7.90. The Hall–Kier alpha value is -0.130. The lowest BCUT2D eigenvalue weighted by Gasteiger charge is -2.23. The molecule has 0 amide bonds. The third-order valence-electron chi connectivity index (χ3n) is 3.59. The second kappa shape index (κ2) is 5.02. The van der Waals surface area contributed by atoms with Crippen LogP contribution in [0.5, 0.6) is 0 Å². The summed E-state index contributed by atoms with van der Waals surface area (Å²) in [5.41, 5.74) is 0. The third kappa shape index (κ3) is 2.96. The first kappa shape index (κ1) is 12.3. The van der Waals surface area contributed by atoms with Gasteiger partial charge in [-0.15, -0.1) is 0 Å². The van der Waals surface area contributed by atoms with E-state index in [9.17, 15) is 8.42 Å². The van der Waals surface area contributed by atoms with Crippen LogP contribution in [0.4, 0.5) is 0 Å². The maximum absolute atomic E-state index is 12.0. The summed E-state index contributed by atoms with van der Waals surface area (Å²) in [4.78, 5) is 0. The van der Waals surface area contributed by atoms with Crippen LogP contribution in [0.25, 0.3) is 0 Å². The summed E-state index contributed by atoms with van der Waals surface area (Å²) in [6.45, 7) is 3.71. The number of hydrogen-bond acceptors (Lipinski definition) is 3. The number of hydrogen-bond donors (Lipinski definition) is 2. The van der Waals surface area contributed by atoms with Crippen molar-refractivity contribution in [3.63, 3.8) is 0 Å². The highest BCUT2D eigenvalue weighted by Crippen LogP contribution is 2.35. The smallest absolute Gasteiger partial charge is 0.215 e. The van der Waals surface area contributed by atoms with Crippen molar-refractivity contribution in [1.82, 2.24) is 10.0 Å². The van der Waals surface area contributed by atoms with Gasteiger partial charge in [-0.25, -0.2) is 13.1 Å². The molecule has 16 heavy (non-hydrogen) atoms. The first-order valence-electron chi connectivity index (χ1n) is 6.35. The lowest BCUT2D eigenvalue weighted by molar-refractivity contribution is 0.488. The van der Waals surface area contributed by atoms with E-state index in [1.807, 2.05) is 0 Å². The third-order valence-corrected chi connectivity index (χ3v) is 5.50. The number of nitrogens with one attached hydrogen (secondary N) is 2. The zero-order valence-corrected chi connectivity index (χ0v) is 10.7. The van der Waals surface area contributed by atoms with Gasteiger partial charge >= 0.3 is 0 Å². The van der Waals surface area contributed by atoms with Crippen LogP contribution in [-0.4, -0.2) is 32.8 Å². The summed E-state index contributed by atoms with van der Waals surface area (Å²) >= 11 is 0. The standard InChI is InChI=1S/C11H22N2O2S/c1-2-4-9-7-11(9)13-16(14,15)10-5-3-6-12-8-10/h9-13H,2-8H2,1H3. The van der Waals surface area contributed by atoms with E-state index in [4.69, 9.17) is 0 Å². The van der Waals surface area contributed by atoms with Gasteiger partial charge in [0.15, 0.2) is 0 Å². The molecule has 2 rings (SSSR count). The van der Waals surface area contributed by atoms with Crippen LogP contribution in [0.2, 0.25) is 0 Å². The fraction of sp³-hybridized carbons (Fsp3) is 1.00. The van der Waals surface area contributed by atoms with Crippen LogP contribution in [-0.2, 0) is 10.0 Å². The molecule has 0 bridgehead atoms. The van der Waals surface area contributed by atoms with E-state index >= 15 is 0 Å². The topological polar surface area (TPSA) is 58.2 Å². The van der Waals surface area contributed by atoms with Crippen molar-refractivity contribution < 1.29 is 8.42 Å². The molecule has 1 aliphatic carbocycles. The molecule has 0 radical (unpaired) electrons. The predicted molar refractivity (Wildman–Crippen MR) is 64.8 cm³/mol. The molecule has 5 heteroatoms. The number of rotatable bonds is 5. The van der Waals surface area contributed by atoms with Crippen molar-refractivity contribution in [3.05, 3.63) is 0 Å². The molecular formula is C11H22N2O2S. The summed E-state index contributed by atoms with van der Waals surface area (Å²) in [5, 5.41) is 2.93. The van der Waals surface area contributed by atoms with Gasteiger partial charge in [0.2, 0.25) is 10.0 Å². The summed E-state index contributed by atoms with van der Waals surface area (Å²) < 4.78 is 26.9. The Labute approximate surface area is 98.2 Å². The average Bonchev–Trinajstić information content (AvgIpc) is 2.97. The molecule has 0 aromatic carbocycles. The molecule has 0 aromatic rings. The monoisotopic (exact) mass is 246 g/mol. The van der Waals surface area contributed by atoms with Gasteiger partial charge in [-0.1, -0.05) is 13.3 Å². The number of sulfonamides is 1. The normalized spacial score (nSPS) is 34.9. The molecular weight excluding hydrogens is 224 g/mol. The molecule has 3 unspecified atom stereocenters. The van der Waals surface area contributed by atoms with Gasteiger partial charge in [0.05, 0.1) is 5.25 Å². The van der Waals surface area contributed by atoms with Crippen molar-refractivity contribution in [2.24, 2.45) is 5.92 Å². The minimum absolute atomic E-state index is 0.218. The molecule has 1 saturated carbocycles. The van der Waals surface area contributed by atoms with Crippen molar-refractivity contribution in [2.45, 2.75) is 50.3 Å². The Morgan fingerprint density at radius 3 is 2.88 bits per heavy atom. The van der Waals surface area contributed by atoms with Gasteiger partial charge < -0.3 is 5.32 Å². The molecule has 4 nitrogen and oxygen atoms in total. The Balaban J connectivity index is 1.83. The molecule has 1 saturated heterocycles. The van der Waals surface area contributed by atoms with E-state index in [-0.39, 0.29) is 11.3 Å². The maximum Gasteiger partial charge on any atom is 0.215 e. The minimum atomic E-state index is -3.08. The molecule has 3 atom stereocenters. The van der Waals surface area contributed by atoms with Gasteiger partial charge in [0, 0.05) is 12.6 Å². The maximum atomic E-state index is 12.0. The second-order valence-corrected chi connectivity index (χ2v) is 7.01. The second-order valence-electron chi connectivity index (χ2n) is 5.02. The van der Waals surface area contributed by atoms with E-state index in [1.165, 1.54) is 0 Å². The van der Waals surface area contributed by atoms with Crippen LogP contribution in [0.1, 0.15) is 39.0 Å². The lowest BCUT2D eigenvalue weighted by atomic mass is 10.2. The highest BCUT2D eigenvalue weighted by Gasteiger charge is 2.40. The Bertz CT molecular complexity index is 323. The van der Waals surface area contributed by atoms with Crippen LogP contribution >= 0.6 is 0 Å². The molecule has 1 aliphatic heterocycles. The van der Waals surface area contributed by atoms with Crippen molar-refractivity contribution in [1.29, 1.82) is 0 Å². The molecule has 94 valence electrons. The van der Waals surface area contributed by atoms with E-state index in [1.54, 1.807) is 0 Å². The lowest BCUT2D eigenvalue weighted by Crippen LogP contribution is -2.45. The average molecular weight is 246 g/mol. The van der Waals surface area contributed by atoms with E-state index in [0.29, 0.717) is 12.5 Å². The van der Waals surface area contributed by atoms with Crippen LogP contribution < -0.4 is 10.0 Å². The summed E-state index contributed by atoms with van der Waals surface area (Å²) in [7, 11) is -3.08. The van der Waals surface area contributed by atoms with Gasteiger partial charge in [0.1, 0.15) is 0 Å². The zero-order chi connectivity index (χ0) is 11.6. The minimum Gasteiger partial charge on any atom is -0.315 e. The summed E-state index contributed by atoms with van der Waals surface area (Å²) in [6, 6.07) is 0.229. The van der Waals surface area contributed by atoms with Crippen molar-refractivity contribution in [2.75, 3.05) is 13.1 Å². The Morgan fingerprint density at radius 1 is 1.44 bits per heavy atom. The Kier molecular flexibility index (Phi) is 3.87. The van der Waals surface area contributed by atoms with Crippen LogP contribution in [0.15, 0.2) is 0 Å². The summed E-state index contributed by atoms with van der Waals surface area (Å²) in [6.07, 6.45) is 5.10. The number of piperidine rings is 1. The first-order chi connectivity index (χ1) is 7.63. The van der Waals surface area contributed by atoms with Crippen molar-refractivity contribution >= 4 is 10.0 Å². The van der Waals surface area contributed by atoms with Gasteiger partial charge in [-0.3, -0.25) is 0 Å². The summed E-state index contributed by atoms with van der Waals surface area (Å²) in [5.74, 6) is 0.594. The molecule has 2 N–H and O–H groups in total.